The summed E-state index contributed by atoms with van der Waals surface area (Å²) in [5.74, 6) is 1.41. The highest BCUT2D eigenvalue weighted by molar-refractivity contribution is 5.77. The first-order valence-electron chi connectivity index (χ1n) is 8.11. The maximum Gasteiger partial charge on any atom is 0.257 e. The van der Waals surface area contributed by atoms with Crippen molar-refractivity contribution in [1.82, 2.24) is 15.3 Å². The van der Waals surface area contributed by atoms with Crippen LogP contribution in [0.25, 0.3) is 11.0 Å². The molecule has 26 heavy (non-hydrogen) atoms. The van der Waals surface area contributed by atoms with Gasteiger partial charge in [0.2, 0.25) is 0 Å². The average molecular weight is 350 g/mol. The second-order valence-corrected chi connectivity index (χ2v) is 5.57. The number of aromatic nitrogens is 2. The number of fused-ring (bicyclic) bond motifs is 1. The highest BCUT2D eigenvalue weighted by atomic mass is 16.5. The Balaban J connectivity index is 1.48. The molecule has 0 saturated heterocycles. The Hall–Kier alpha value is -3.53. The summed E-state index contributed by atoms with van der Waals surface area (Å²) in [6.07, 6.45) is 0.598. The molecule has 1 heterocycles. The van der Waals surface area contributed by atoms with E-state index in [2.05, 4.69) is 15.3 Å². The van der Waals surface area contributed by atoms with E-state index in [0.29, 0.717) is 30.0 Å². The van der Waals surface area contributed by atoms with E-state index in [4.69, 9.17) is 14.7 Å². The fourth-order valence-corrected chi connectivity index (χ4v) is 2.50. The van der Waals surface area contributed by atoms with Gasteiger partial charge in [0.25, 0.3) is 5.91 Å². The van der Waals surface area contributed by atoms with Crippen molar-refractivity contribution in [2.75, 3.05) is 20.3 Å². The standard InChI is InChI=1S/C19H18N4O3/c1-25-17-10-13(11-20)6-7-16(17)26-12-19(24)21-9-8-18-22-14-4-2-3-5-15(14)23-18/h2-7,10H,8-9,12H2,1H3,(H,21,24)(H,22,23). The highest BCUT2D eigenvalue weighted by Gasteiger charge is 2.09. The number of amides is 1. The Morgan fingerprint density at radius 2 is 2.12 bits per heavy atom. The molecule has 1 amide bonds. The van der Waals surface area contributed by atoms with Crippen LogP contribution in [0.15, 0.2) is 42.5 Å². The number of carbonyl (C=O) groups excluding carboxylic acids is 1. The van der Waals surface area contributed by atoms with E-state index in [9.17, 15) is 4.79 Å². The number of methoxy groups -OCH3 is 1. The van der Waals surface area contributed by atoms with Crippen molar-refractivity contribution in [2.45, 2.75) is 6.42 Å². The Labute approximate surface area is 150 Å². The van der Waals surface area contributed by atoms with Crippen molar-refractivity contribution in [3.05, 3.63) is 53.9 Å². The fourth-order valence-electron chi connectivity index (χ4n) is 2.50. The Morgan fingerprint density at radius 1 is 1.27 bits per heavy atom. The van der Waals surface area contributed by atoms with Gasteiger partial charge in [-0.2, -0.15) is 5.26 Å². The van der Waals surface area contributed by atoms with Gasteiger partial charge in [-0.1, -0.05) is 12.1 Å². The molecule has 3 aromatic rings. The van der Waals surface area contributed by atoms with E-state index in [1.165, 1.54) is 7.11 Å². The lowest BCUT2D eigenvalue weighted by Crippen LogP contribution is -2.30. The Bertz CT molecular complexity index is 926. The minimum Gasteiger partial charge on any atom is -0.493 e. The van der Waals surface area contributed by atoms with Crippen molar-refractivity contribution in [1.29, 1.82) is 5.26 Å². The number of nitrogens with one attached hydrogen (secondary N) is 2. The molecule has 0 aliphatic carbocycles. The number of carbonyl (C=O) groups is 1. The molecule has 0 aliphatic heterocycles. The first-order chi connectivity index (χ1) is 12.7. The maximum absolute atomic E-state index is 11.9. The summed E-state index contributed by atoms with van der Waals surface area (Å²) in [4.78, 5) is 19.6. The van der Waals surface area contributed by atoms with E-state index >= 15 is 0 Å². The van der Waals surface area contributed by atoms with E-state index in [1.54, 1.807) is 18.2 Å². The first-order valence-corrected chi connectivity index (χ1v) is 8.11. The molecule has 2 aromatic carbocycles. The van der Waals surface area contributed by atoms with Gasteiger partial charge in [0.1, 0.15) is 5.82 Å². The van der Waals surface area contributed by atoms with E-state index < -0.39 is 0 Å². The van der Waals surface area contributed by atoms with Crippen LogP contribution >= 0.6 is 0 Å². The topological polar surface area (TPSA) is 100 Å². The van der Waals surface area contributed by atoms with Crippen molar-refractivity contribution in [3.8, 4) is 17.6 Å². The number of hydrogen-bond donors (Lipinski definition) is 2. The molecule has 0 radical (unpaired) electrons. The quantitative estimate of drug-likeness (QED) is 0.680. The van der Waals surface area contributed by atoms with Gasteiger partial charge in [-0.25, -0.2) is 4.98 Å². The molecule has 132 valence electrons. The number of nitriles is 1. The lowest BCUT2D eigenvalue weighted by molar-refractivity contribution is -0.123. The largest absolute Gasteiger partial charge is 0.493 e. The van der Waals surface area contributed by atoms with Gasteiger partial charge in [0.15, 0.2) is 18.1 Å². The number of hydrogen-bond acceptors (Lipinski definition) is 5. The summed E-state index contributed by atoms with van der Waals surface area (Å²) in [6, 6.07) is 14.6. The lowest BCUT2D eigenvalue weighted by atomic mass is 10.2. The third kappa shape index (κ3) is 4.11. The molecule has 0 unspecified atom stereocenters. The zero-order valence-electron chi connectivity index (χ0n) is 14.3. The first kappa shape index (κ1) is 17.3. The number of rotatable bonds is 7. The second-order valence-electron chi connectivity index (χ2n) is 5.57. The van der Waals surface area contributed by atoms with Gasteiger partial charge in [0.05, 0.1) is 29.8 Å². The minimum absolute atomic E-state index is 0.137. The molecule has 0 fully saturated rings. The monoisotopic (exact) mass is 350 g/mol. The third-order valence-corrected chi connectivity index (χ3v) is 3.77. The van der Waals surface area contributed by atoms with Gasteiger partial charge in [-0.05, 0) is 24.3 Å². The molecule has 0 aliphatic rings. The van der Waals surface area contributed by atoms with Crippen LogP contribution in [0.1, 0.15) is 11.4 Å². The molecule has 0 atom stereocenters. The average Bonchev–Trinajstić information content (AvgIpc) is 3.09. The third-order valence-electron chi connectivity index (χ3n) is 3.77. The van der Waals surface area contributed by atoms with Crippen molar-refractivity contribution < 1.29 is 14.3 Å². The molecule has 1 aromatic heterocycles. The lowest BCUT2D eigenvalue weighted by Gasteiger charge is -2.10. The minimum atomic E-state index is -0.243. The highest BCUT2D eigenvalue weighted by Crippen LogP contribution is 2.27. The smallest absolute Gasteiger partial charge is 0.257 e. The summed E-state index contributed by atoms with van der Waals surface area (Å²) in [5.41, 5.74) is 2.35. The zero-order chi connectivity index (χ0) is 18.4. The summed E-state index contributed by atoms with van der Waals surface area (Å²) in [6.45, 7) is 0.314. The zero-order valence-corrected chi connectivity index (χ0v) is 14.3. The summed E-state index contributed by atoms with van der Waals surface area (Å²) in [5, 5.41) is 11.7. The number of nitrogens with zero attached hydrogens (tertiary/aromatic N) is 2. The predicted octanol–water partition coefficient (Wildman–Crippen LogP) is 2.18. The molecule has 7 nitrogen and oxygen atoms in total. The SMILES string of the molecule is COc1cc(C#N)ccc1OCC(=O)NCCc1nc2ccccc2[nH]1. The Kier molecular flexibility index (Phi) is 5.34. The molecular formula is C19H18N4O3. The van der Waals surface area contributed by atoms with Gasteiger partial charge >= 0.3 is 0 Å². The molecule has 2 N–H and O–H groups in total. The summed E-state index contributed by atoms with van der Waals surface area (Å²) >= 11 is 0. The van der Waals surface area contributed by atoms with Crippen molar-refractivity contribution in [2.24, 2.45) is 0 Å². The molecule has 3 rings (SSSR count). The summed E-state index contributed by atoms with van der Waals surface area (Å²) in [7, 11) is 1.48. The number of aromatic amines is 1. The van der Waals surface area contributed by atoms with Crippen LogP contribution in [-0.4, -0.2) is 36.1 Å². The van der Waals surface area contributed by atoms with Crippen LogP contribution in [0, 0.1) is 11.3 Å². The Morgan fingerprint density at radius 3 is 2.88 bits per heavy atom. The molecule has 0 bridgehead atoms. The van der Waals surface area contributed by atoms with Crippen LogP contribution < -0.4 is 14.8 Å². The van der Waals surface area contributed by atoms with Crippen LogP contribution in [-0.2, 0) is 11.2 Å². The van der Waals surface area contributed by atoms with E-state index in [1.807, 2.05) is 30.3 Å². The summed E-state index contributed by atoms with van der Waals surface area (Å²) < 4.78 is 10.6. The number of H-pyrrole nitrogens is 1. The molecule has 0 saturated carbocycles. The van der Waals surface area contributed by atoms with Gasteiger partial charge < -0.3 is 19.8 Å². The molecule has 7 heteroatoms. The van der Waals surface area contributed by atoms with Gasteiger partial charge in [0, 0.05) is 19.0 Å². The van der Waals surface area contributed by atoms with Crippen molar-refractivity contribution >= 4 is 16.9 Å². The normalized spacial score (nSPS) is 10.3. The van der Waals surface area contributed by atoms with Crippen LogP contribution in [0.4, 0.5) is 0 Å². The van der Waals surface area contributed by atoms with Gasteiger partial charge in [-0.3, -0.25) is 4.79 Å². The molecular weight excluding hydrogens is 332 g/mol. The van der Waals surface area contributed by atoms with Crippen LogP contribution in [0.3, 0.4) is 0 Å². The number of para-hydroxylation sites is 2. The second kappa shape index (κ2) is 8.03. The van der Waals surface area contributed by atoms with Crippen LogP contribution in [0.5, 0.6) is 11.5 Å². The van der Waals surface area contributed by atoms with E-state index in [0.717, 1.165) is 16.9 Å². The fraction of sp³-hybridized carbons (Fsp3) is 0.211. The maximum atomic E-state index is 11.9. The number of benzene rings is 2. The number of imidazole rings is 1. The van der Waals surface area contributed by atoms with Crippen LogP contribution in [0.2, 0.25) is 0 Å². The van der Waals surface area contributed by atoms with E-state index in [-0.39, 0.29) is 12.5 Å². The molecule has 0 spiro atoms. The predicted molar refractivity (Wildman–Crippen MR) is 96.0 cm³/mol. The van der Waals surface area contributed by atoms with Crippen molar-refractivity contribution in [3.63, 3.8) is 0 Å². The van der Waals surface area contributed by atoms with Gasteiger partial charge in [-0.15, -0.1) is 0 Å². The number of ether oxygens (including phenoxy) is 2.